The summed E-state index contributed by atoms with van der Waals surface area (Å²) < 4.78 is 6.38. The number of phenols is 1. The Morgan fingerprint density at radius 1 is 1.42 bits per heavy atom. The van der Waals surface area contributed by atoms with E-state index in [0.717, 1.165) is 0 Å². The molecule has 19 heavy (non-hydrogen) atoms. The molecule has 7 heteroatoms. The van der Waals surface area contributed by atoms with E-state index in [-0.39, 0.29) is 22.6 Å². The average Bonchev–Trinajstić information content (AvgIpc) is 2.69. The number of rotatable bonds is 3. The maximum atomic E-state index is 11.0. The second-order valence-corrected chi connectivity index (χ2v) is 3.96. The number of ether oxygens (including phenoxy) is 1. The van der Waals surface area contributed by atoms with Crippen LogP contribution in [0.5, 0.6) is 11.5 Å². The van der Waals surface area contributed by atoms with Crippen LogP contribution < -0.4 is 10.5 Å². The van der Waals surface area contributed by atoms with Crippen LogP contribution in [0.3, 0.4) is 0 Å². The number of nitrogen functional groups attached to an aromatic ring is 1. The number of carbonyl (C=O) groups is 1. The predicted molar refractivity (Wildman–Crippen MR) is 68.2 cm³/mol. The van der Waals surface area contributed by atoms with E-state index in [9.17, 15) is 9.90 Å². The number of anilines is 1. The topological polar surface area (TPSA) is 111 Å². The van der Waals surface area contributed by atoms with Gasteiger partial charge in [0.05, 0.1) is 18.4 Å². The third-order valence-corrected chi connectivity index (χ3v) is 2.73. The van der Waals surface area contributed by atoms with Crippen LogP contribution in [0.1, 0.15) is 10.4 Å². The van der Waals surface area contributed by atoms with Gasteiger partial charge in [-0.25, -0.2) is 4.79 Å². The molecule has 0 radical (unpaired) electrons. The predicted octanol–water partition coefficient (Wildman–Crippen LogP) is 1.08. The van der Waals surface area contributed by atoms with Crippen molar-refractivity contribution >= 4 is 11.8 Å². The van der Waals surface area contributed by atoms with Crippen molar-refractivity contribution in [3.8, 4) is 22.8 Å². The summed E-state index contributed by atoms with van der Waals surface area (Å²) >= 11 is 0. The van der Waals surface area contributed by atoms with E-state index in [1.165, 1.54) is 23.9 Å². The highest BCUT2D eigenvalue weighted by molar-refractivity contribution is 5.91. The van der Waals surface area contributed by atoms with Crippen molar-refractivity contribution in [3.05, 3.63) is 23.8 Å². The van der Waals surface area contributed by atoms with Gasteiger partial charge in [0, 0.05) is 18.7 Å². The van der Waals surface area contributed by atoms with Crippen molar-refractivity contribution in [1.29, 1.82) is 0 Å². The first-order valence-electron chi connectivity index (χ1n) is 5.38. The van der Waals surface area contributed by atoms with Gasteiger partial charge in [0.1, 0.15) is 5.82 Å². The molecule has 0 aliphatic carbocycles. The molecule has 0 atom stereocenters. The molecule has 0 saturated carbocycles. The van der Waals surface area contributed by atoms with E-state index in [2.05, 4.69) is 5.10 Å². The van der Waals surface area contributed by atoms with E-state index in [0.29, 0.717) is 11.5 Å². The number of carboxylic acid groups (broad SMARTS) is 1. The molecular weight excluding hydrogens is 250 g/mol. The Kier molecular flexibility index (Phi) is 3.04. The van der Waals surface area contributed by atoms with Gasteiger partial charge in [0.2, 0.25) is 0 Å². The van der Waals surface area contributed by atoms with Crippen LogP contribution in [0.2, 0.25) is 0 Å². The number of aromatic hydroxyl groups is 1. The van der Waals surface area contributed by atoms with Gasteiger partial charge in [-0.2, -0.15) is 5.10 Å². The number of hydrogen-bond acceptors (Lipinski definition) is 5. The Hall–Kier alpha value is -2.70. The lowest BCUT2D eigenvalue weighted by atomic mass is 10.1. The summed E-state index contributed by atoms with van der Waals surface area (Å²) in [6, 6.07) is 4.11. The normalized spacial score (nSPS) is 10.4. The summed E-state index contributed by atoms with van der Waals surface area (Å²) in [4.78, 5) is 11.0. The Balaban J connectivity index is 2.67. The summed E-state index contributed by atoms with van der Waals surface area (Å²) in [6.45, 7) is 0. The van der Waals surface area contributed by atoms with E-state index in [1.807, 2.05) is 0 Å². The van der Waals surface area contributed by atoms with Crippen LogP contribution in [0.25, 0.3) is 11.3 Å². The van der Waals surface area contributed by atoms with Crippen LogP contribution in [0, 0.1) is 0 Å². The zero-order chi connectivity index (χ0) is 14.2. The molecule has 0 saturated heterocycles. The van der Waals surface area contributed by atoms with Gasteiger partial charge < -0.3 is 20.7 Å². The lowest BCUT2D eigenvalue weighted by molar-refractivity contribution is 0.0696. The Morgan fingerprint density at radius 3 is 2.58 bits per heavy atom. The highest BCUT2D eigenvalue weighted by Crippen LogP contribution is 2.38. The molecule has 0 bridgehead atoms. The molecule has 0 amide bonds. The molecule has 0 aliphatic rings. The molecule has 0 aliphatic heterocycles. The largest absolute Gasteiger partial charge is 0.504 e. The minimum atomic E-state index is -1.12. The summed E-state index contributed by atoms with van der Waals surface area (Å²) in [6.07, 6.45) is 0. The first-order chi connectivity index (χ1) is 8.93. The number of nitrogens with two attached hydrogens (primary N) is 1. The molecule has 7 nitrogen and oxygen atoms in total. The van der Waals surface area contributed by atoms with E-state index in [4.69, 9.17) is 15.6 Å². The number of carboxylic acids is 1. The van der Waals surface area contributed by atoms with Gasteiger partial charge >= 0.3 is 5.97 Å². The monoisotopic (exact) mass is 263 g/mol. The number of nitrogens with zero attached hydrogens (tertiary/aromatic N) is 2. The summed E-state index contributed by atoms with van der Waals surface area (Å²) in [5.74, 6) is -0.831. The van der Waals surface area contributed by atoms with Crippen LogP contribution >= 0.6 is 0 Å². The van der Waals surface area contributed by atoms with Crippen molar-refractivity contribution < 1.29 is 19.7 Å². The molecule has 1 aromatic carbocycles. The lowest BCUT2D eigenvalue weighted by Gasteiger charge is -2.08. The van der Waals surface area contributed by atoms with Crippen molar-refractivity contribution in [3.63, 3.8) is 0 Å². The highest BCUT2D eigenvalue weighted by Gasteiger charge is 2.18. The molecule has 4 N–H and O–H groups in total. The molecular formula is C12H13N3O4. The molecule has 100 valence electrons. The number of hydrogen-bond donors (Lipinski definition) is 3. The molecule has 2 aromatic rings. The number of benzene rings is 1. The number of aryl methyl sites for hydroxylation is 1. The molecule has 0 fully saturated rings. The Bertz CT molecular complexity index is 629. The average molecular weight is 263 g/mol. The van der Waals surface area contributed by atoms with Crippen LogP contribution in [0.15, 0.2) is 18.2 Å². The smallest absolute Gasteiger partial charge is 0.335 e. The van der Waals surface area contributed by atoms with Crippen LogP contribution in [-0.4, -0.2) is 33.1 Å². The standard InChI is InChI=1S/C12H13N3O4/c1-15-10(13)5-8(14-15)7-3-6(12(17)18)4-9(19-2)11(7)16/h3-5,16H,13H2,1-2H3,(H,17,18). The van der Waals surface area contributed by atoms with Crippen molar-refractivity contribution in [2.75, 3.05) is 12.8 Å². The molecule has 0 spiro atoms. The molecule has 1 heterocycles. The number of aromatic carboxylic acids is 1. The first kappa shape index (κ1) is 12.7. The zero-order valence-electron chi connectivity index (χ0n) is 10.4. The van der Waals surface area contributed by atoms with Crippen LogP contribution in [0.4, 0.5) is 5.82 Å². The highest BCUT2D eigenvalue weighted by atomic mass is 16.5. The van der Waals surface area contributed by atoms with Gasteiger partial charge in [-0.1, -0.05) is 0 Å². The van der Waals surface area contributed by atoms with Crippen molar-refractivity contribution in [2.24, 2.45) is 7.05 Å². The van der Waals surface area contributed by atoms with Gasteiger partial charge in [0.25, 0.3) is 0 Å². The van der Waals surface area contributed by atoms with Gasteiger partial charge in [-0.3, -0.25) is 4.68 Å². The van der Waals surface area contributed by atoms with Gasteiger partial charge in [0.15, 0.2) is 11.5 Å². The number of aromatic nitrogens is 2. The molecule has 2 rings (SSSR count). The molecule has 0 unspecified atom stereocenters. The van der Waals surface area contributed by atoms with Gasteiger partial charge in [-0.15, -0.1) is 0 Å². The fourth-order valence-corrected chi connectivity index (χ4v) is 1.70. The SMILES string of the molecule is COc1cc(C(=O)O)cc(-c2cc(N)n(C)n2)c1O. The zero-order valence-corrected chi connectivity index (χ0v) is 10.4. The second-order valence-electron chi connectivity index (χ2n) is 3.96. The minimum absolute atomic E-state index is 0.00567. The van der Waals surface area contributed by atoms with Crippen molar-refractivity contribution in [1.82, 2.24) is 9.78 Å². The first-order valence-corrected chi connectivity index (χ1v) is 5.38. The number of phenolic OH excluding ortho intramolecular Hbond substituents is 1. The number of methoxy groups -OCH3 is 1. The maximum Gasteiger partial charge on any atom is 0.335 e. The third kappa shape index (κ3) is 2.17. The van der Waals surface area contributed by atoms with E-state index >= 15 is 0 Å². The van der Waals surface area contributed by atoms with Gasteiger partial charge in [-0.05, 0) is 12.1 Å². The fourth-order valence-electron chi connectivity index (χ4n) is 1.70. The summed E-state index contributed by atoms with van der Waals surface area (Å²) in [5, 5.41) is 23.2. The fraction of sp³-hybridized carbons (Fsp3) is 0.167. The van der Waals surface area contributed by atoms with E-state index < -0.39 is 5.97 Å². The lowest BCUT2D eigenvalue weighted by Crippen LogP contribution is -1.99. The van der Waals surface area contributed by atoms with E-state index in [1.54, 1.807) is 13.1 Å². The van der Waals surface area contributed by atoms with Crippen LogP contribution in [-0.2, 0) is 7.05 Å². The quantitative estimate of drug-likeness (QED) is 0.764. The summed E-state index contributed by atoms with van der Waals surface area (Å²) in [7, 11) is 2.99. The third-order valence-electron chi connectivity index (χ3n) is 2.73. The maximum absolute atomic E-state index is 11.0. The Morgan fingerprint density at radius 2 is 2.11 bits per heavy atom. The minimum Gasteiger partial charge on any atom is -0.504 e. The summed E-state index contributed by atoms with van der Waals surface area (Å²) in [5.41, 5.74) is 6.29. The second kappa shape index (κ2) is 4.52. The molecule has 1 aromatic heterocycles. The van der Waals surface area contributed by atoms with Crippen molar-refractivity contribution in [2.45, 2.75) is 0 Å². The Labute approximate surface area is 108 Å².